The minimum absolute atomic E-state index is 0.0574. The van der Waals surface area contributed by atoms with E-state index >= 15 is 0 Å². The summed E-state index contributed by atoms with van der Waals surface area (Å²) in [6, 6.07) is 0. The molecular weight excluding hydrogens is 262 g/mol. The molecule has 1 aliphatic heterocycles. The molecule has 0 aromatic heterocycles. The van der Waals surface area contributed by atoms with Crippen molar-refractivity contribution in [3.05, 3.63) is 0 Å². The second-order valence-corrected chi connectivity index (χ2v) is 7.02. The van der Waals surface area contributed by atoms with Crippen LogP contribution in [0, 0.1) is 0 Å². The number of hydrogen-bond donors (Lipinski definition) is 2. The Morgan fingerprint density at radius 1 is 1.50 bits per heavy atom. The van der Waals surface area contributed by atoms with E-state index in [4.69, 9.17) is 14.9 Å². The van der Waals surface area contributed by atoms with Crippen LogP contribution in [0.2, 0.25) is 0 Å². The van der Waals surface area contributed by atoms with Gasteiger partial charge in [-0.05, 0) is 13.8 Å². The zero-order valence-corrected chi connectivity index (χ0v) is 11.3. The molecule has 0 saturated carbocycles. The van der Waals surface area contributed by atoms with Crippen molar-refractivity contribution in [3.63, 3.8) is 0 Å². The summed E-state index contributed by atoms with van der Waals surface area (Å²) in [6.45, 7) is 3.41. The van der Waals surface area contributed by atoms with Crippen LogP contribution in [-0.2, 0) is 19.6 Å². The first kappa shape index (κ1) is 15.4. The molecule has 1 heterocycles. The number of aliphatic carboxylic acids is 1. The topological polar surface area (TPSA) is 104 Å². The third kappa shape index (κ3) is 4.20. The van der Waals surface area contributed by atoms with Crippen molar-refractivity contribution in [3.8, 4) is 0 Å². The van der Waals surface area contributed by atoms with Crippen LogP contribution in [0.1, 0.15) is 20.3 Å². The molecule has 1 fully saturated rings. The van der Waals surface area contributed by atoms with E-state index in [9.17, 15) is 13.2 Å². The van der Waals surface area contributed by atoms with Crippen molar-refractivity contribution in [2.75, 3.05) is 25.4 Å². The number of rotatable bonds is 5. The third-order valence-electron chi connectivity index (χ3n) is 2.62. The van der Waals surface area contributed by atoms with E-state index < -0.39 is 39.9 Å². The molecule has 7 nitrogen and oxygen atoms in total. The monoisotopic (exact) mass is 281 g/mol. The summed E-state index contributed by atoms with van der Waals surface area (Å²) in [7, 11) is -3.63. The van der Waals surface area contributed by atoms with Crippen LogP contribution in [0.5, 0.6) is 0 Å². The van der Waals surface area contributed by atoms with Gasteiger partial charge in [0, 0.05) is 13.1 Å². The van der Waals surface area contributed by atoms with Gasteiger partial charge in [-0.1, -0.05) is 0 Å². The molecule has 1 rings (SSSR count). The number of ether oxygens (including phenoxy) is 1. The molecule has 1 saturated heterocycles. The molecule has 1 atom stereocenters. The molecule has 18 heavy (non-hydrogen) atoms. The Labute approximate surface area is 106 Å². The molecule has 1 aliphatic rings. The van der Waals surface area contributed by atoms with Gasteiger partial charge in [-0.3, -0.25) is 4.79 Å². The van der Waals surface area contributed by atoms with Gasteiger partial charge in [-0.25, -0.2) is 8.42 Å². The van der Waals surface area contributed by atoms with Gasteiger partial charge in [-0.15, -0.1) is 0 Å². The van der Waals surface area contributed by atoms with Gasteiger partial charge in [0.15, 0.2) is 0 Å². The number of hydrogen-bond acceptors (Lipinski definition) is 5. The van der Waals surface area contributed by atoms with Crippen LogP contribution in [-0.4, -0.2) is 66.1 Å². The highest BCUT2D eigenvalue weighted by atomic mass is 32.2. The number of aliphatic hydroxyl groups excluding tert-OH is 1. The number of carboxylic acids is 1. The predicted octanol–water partition coefficient (Wildman–Crippen LogP) is -0.737. The van der Waals surface area contributed by atoms with Gasteiger partial charge in [0.2, 0.25) is 10.0 Å². The molecule has 106 valence electrons. The van der Waals surface area contributed by atoms with E-state index in [0.29, 0.717) is 0 Å². The lowest BCUT2D eigenvalue weighted by Crippen LogP contribution is -2.55. The minimum atomic E-state index is -3.63. The number of carboxylic acid groups (broad SMARTS) is 1. The number of morpholine rings is 1. The first-order valence-corrected chi connectivity index (χ1v) is 7.25. The van der Waals surface area contributed by atoms with Crippen LogP contribution in [0.25, 0.3) is 0 Å². The molecule has 0 spiro atoms. The minimum Gasteiger partial charge on any atom is -0.481 e. The highest BCUT2D eigenvalue weighted by Crippen LogP contribution is 2.23. The fraction of sp³-hybridized carbons (Fsp3) is 0.900. The number of sulfonamides is 1. The van der Waals surface area contributed by atoms with Crippen molar-refractivity contribution in [2.45, 2.75) is 32.0 Å². The van der Waals surface area contributed by atoms with Gasteiger partial charge >= 0.3 is 5.97 Å². The van der Waals surface area contributed by atoms with Crippen molar-refractivity contribution < 1.29 is 28.2 Å². The summed E-state index contributed by atoms with van der Waals surface area (Å²) in [5.41, 5.74) is -0.693. The molecular formula is C10H19NO6S. The Morgan fingerprint density at radius 2 is 2.11 bits per heavy atom. The maximum absolute atomic E-state index is 12.0. The molecule has 0 aliphatic carbocycles. The van der Waals surface area contributed by atoms with E-state index in [1.165, 1.54) is 4.31 Å². The molecule has 0 amide bonds. The summed E-state index contributed by atoms with van der Waals surface area (Å²) in [5.74, 6) is -1.58. The Hall–Kier alpha value is -0.700. The Bertz CT molecular complexity index is 405. The van der Waals surface area contributed by atoms with Crippen molar-refractivity contribution in [1.82, 2.24) is 4.31 Å². The average molecular weight is 281 g/mol. The fourth-order valence-corrected chi connectivity index (χ4v) is 3.49. The Morgan fingerprint density at radius 3 is 2.61 bits per heavy atom. The summed E-state index contributed by atoms with van der Waals surface area (Å²) >= 11 is 0. The zero-order valence-electron chi connectivity index (χ0n) is 10.5. The SMILES string of the molecule is CC1(C)CN(S(=O)(=O)CCC(=O)O)CC(CO)O1. The maximum Gasteiger partial charge on any atom is 0.304 e. The largest absolute Gasteiger partial charge is 0.481 e. The fourth-order valence-electron chi connectivity index (χ4n) is 1.89. The highest BCUT2D eigenvalue weighted by Gasteiger charge is 2.38. The molecule has 0 radical (unpaired) electrons. The van der Waals surface area contributed by atoms with Crippen molar-refractivity contribution in [2.24, 2.45) is 0 Å². The van der Waals surface area contributed by atoms with E-state index in [0.717, 1.165) is 0 Å². The van der Waals surface area contributed by atoms with Crippen LogP contribution in [0.15, 0.2) is 0 Å². The van der Waals surface area contributed by atoms with Crippen LogP contribution in [0.4, 0.5) is 0 Å². The van der Waals surface area contributed by atoms with Crippen molar-refractivity contribution in [1.29, 1.82) is 0 Å². The Balaban J connectivity index is 2.77. The van der Waals surface area contributed by atoms with E-state index in [1.54, 1.807) is 13.8 Å². The van der Waals surface area contributed by atoms with Gasteiger partial charge in [0.25, 0.3) is 0 Å². The van der Waals surface area contributed by atoms with Gasteiger partial charge in [-0.2, -0.15) is 4.31 Å². The molecule has 0 bridgehead atoms. The lowest BCUT2D eigenvalue weighted by atomic mass is 10.1. The first-order chi connectivity index (χ1) is 8.16. The van der Waals surface area contributed by atoms with Gasteiger partial charge in [0.1, 0.15) is 0 Å². The smallest absolute Gasteiger partial charge is 0.304 e. The van der Waals surface area contributed by atoms with E-state index in [-0.39, 0.29) is 19.7 Å². The Kier molecular flexibility index (Phi) is 4.71. The first-order valence-electron chi connectivity index (χ1n) is 5.64. The number of aliphatic hydroxyl groups is 1. The number of nitrogens with zero attached hydrogens (tertiary/aromatic N) is 1. The van der Waals surface area contributed by atoms with Crippen LogP contribution < -0.4 is 0 Å². The molecule has 8 heteroatoms. The number of carbonyl (C=O) groups is 1. The zero-order chi connectivity index (χ0) is 14.0. The summed E-state index contributed by atoms with van der Waals surface area (Å²) in [5, 5.41) is 17.6. The third-order valence-corrected chi connectivity index (χ3v) is 4.41. The summed E-state index contributed by atoms with van der Waals surface area (Å²) < 4.78 is 30.6. The van der Waals surface area contributed by atoms with Crippen LogP contribution >= 0.6 is 0 Å². The molecule has 0 aromatic rings. The molecule has 1 unspecified atom stereocenters. The van der Waals surface area contributed by atoms with E-state index in [1.807, 2.05) is 0 Å². The standard InChI is InChI=1S/C10H19NO6S/c1-10(2)7-11(5-8(6-12)17-10)18(15,16)4-3-9(13)14/h8,12H,3-7H2,1-2H3,(H,13,14). The molecule has 2 N–H and O–H groups in total. The second kappa shape index (κ2) is 5.52. The summed E-state index contributed by atoms with van der Waals surface area (Å²) in [6.07, 6.45) is -1.00. The highest BCUT2D eigenvalue weighted by molar-refractivity contribution is 7.89. The van der Waals surface area contributed by atoms with Gasteiger partial charge in [0.05, 0.1) is 30.5 Å². The predicted molar refractivity (Wildman–Crippen MR) is 63.7 cm³/mol. The van der Waals surface area contributed by atoms with Crippen LogP contribution in [0.3, 0.4) is 0 Å². The second-order valence-electron chi connectivity index (χ2n) is 4.93. The maximum atomic E-state index is 12.0. The average Bonchev–Trinajstić information content (AvgIpc) is 2.24. The molecule has 0 aromatic carbocycles. The summed E-state index contributed by atoms with van der Waals surface area (Å²) in [4.78, 5) is 10.4. The van der Waals surface area contributed by atoms with Crippen molar-refractivity contribution >= 4 is 16.0 Å². The lowest BCUT2D eigenvalue weighted by molar-refractivity contribution is -0.136. The quantitative estimate of drug-likeness (QED) is 0.688. The lowest BCUT2D eigenvalue weighted by Gasteiger charge is -2.41. The normalized spacial score (nSPS) is 24.9. The van der Waals surface area contributed by atoms with Gasteiger partial charge < -0.3 is 14.9 Å². The van der Waals surface area contributed by atoms with E-state index in [2.05, 4.69) is 0 Å².